The summed E-state index contributed by atoms with van der Waals surface area (Å²) in [6, 6.07) is 7.75. The maximum Gasteiger partial charge on any atom is 0.240 e. The minimum atomic E-state index is -0.729. The topological polar surface area (TPSA) is 96.7 Å². The molecule has 0 aliphatic heterocycles. The van der Waals surface area contributed by atoms with Gasteiger partial charge in [0.05, 0.1) is 12.1 Å². The molecule has 6 nitrogen and oxygen atoms in total. The lowest BCUT2D eigenvalue weighted by molar-refractivity contribution is -0.127. The van der Waals surface area contributed by atoms with Crippen LogP contribution in [0.5, 0.6) is 0 Å². The molecule has 23 heavy (non-hydrogen) atoms. The van der Waals surface area contributed by atoms with Crippen LogP contribution in [0.4, 0.5) is 0 Å². The van der Waals surface area contributed by atoms with Crippen molar-refractivity contribution in [3.63, 3.8) is 0 Å². The van der Waals surface area contributed by atoms with Crippen molar-refractivity contribution in [2.45, 2.75) is 44.2 Å². The molecule has 1 amide bonds. The summed E-state index contributed by atoms with van der Waals surface area (Å²) in [6.07, 6.45) is 4.68. The zero-order valence-electron chi connectivity index (χ0n) is 12.8. The molecule has 1 aromatic heterocycles. The fourth-order valence-corrected chi connectivity index (χ4v) is 3.12. The first-order valence-electron chi connectivity index (χ1n) is 7.81. The van der Waals surface area contributed by atoms with Gasteiger partial charge in [-0.1, -0.05) is 47.3 Å². The van der Waals surface area contributed by atoms with E-state index in [1.807, 2.05) is 24.3 Å². The summed E-state index contributed by atoms with van der Waals surface area (Å²) in [5.41, 5.74) is 6.41. The van der Waals surface area contributed by atoms with Crippen LogP contribution in [0, 0.1) is 0 Å². The van der Waals surface area contributed by atoms with Crippen molar-refractivity contribution in [2.75, 3.05) is 0 Å². The first-order chi connectivity index (χ1) is 11.1. The van der Waals surface area contributed by atoms with Crippen molar-refractivity contribution in [1.82, 2.24) is 20.5 Å². The molecule has 0 bridgehead atoms. The molecule has 1 aliphatic rings. The number of aromatic nitrogens is 3. The van der Waals surface area contributed by atoms with E-state index in [1.165, 1.54) is 0 Å². The zero-order chi connectivity index (χ0) is 16.3. The number of benzene rings is 1. The van der Waals surface area contributed by atoms with Crippen LogP contribution in [-0.4, -0.2) is 26.6 Å². The van der Waals surface area contributed by atoms with Crippen molar-refractivity contribution >= 4 is 21.8 Å². The van der Waals surface area contributed by atoms with Crippen molar-refractivity contribution in [3.05, 3.63) is 34.6 Å². The van der Waals surface area contributed by atoms with Gasteiger partial charge in [-0.2, -0.15) is 5.10 Å². The average Bonchev–Trinajstić information content (AvgIpc) is 3.03. The number of carbonyl (C=O) groups excluding carboxylic acids is 1. The van der Waals surface area contributed by atoms with Crippen LogP contribution < -0.4 is 11.1 Å². The van der Waals surface area contributed by atoms with Crippen LogP contribution in [0.1, 0.15) is 37.9 Å². The van der Waals surface area contributed by atoms with Crippen LogP contribution in [0.25, 0.3) is 11.4 Å². The number of carbonyl (C=O) groups is 1. The molecule has 4 N–H and O–H groups in total. The normalized spacial score (nSPS) is 17.0. The molecular weight excluding hydrogens is 358 g/mol. The van der Waals surface area contributed by atoms with E-state index in [4.69, 9.17) is 5.73 Å². The number of nitrogens with one attached hydrogen (secondary N) is 2. The molecule has 0 radical (unpaired) electrons. The minimum Gasteiger partial charge on any atom is -0.347 e. The quantitative estimate of drug-likeness (QED) is 0.762. The smallest absolute Gasteiger partial charge is 0.240 e. The van der Waals surface area contributed by atoms with E-state index in [0.29, 0.717) is 18.2 Å². The van der Waals surface area contributed by atoms with Gasteiger partial charge in [0, 0.05) is 10.0 Å². The van der Waals surface area contributed by atoms with E-state index in [2.05, 4.69) is 36.4 Å². The average molecular weight is 378 g/mol. The van der Waals surface area contributed by atoms with Gasteiger partial charge in [-0.15, -0.1) is 0 Å². The van der Waals surface area contributed by atoms with E-state index in [0.717, 1.165) is 42.1 Å². The summed E-state index contributed by atoms with van der Waals surface area (Å²) < 4.78 is 1.00. The SMILES string of the molecule is NC1(C(=O)NCc2nc(-c3ccc(Br)cc3)n[nH]2)CCCCC1. The maximum atomic E-state index is 12.3. The molecule has 0 atom stereocenters. The molecule has 0 unspecified atom stereocenters. The predicted octanol–water partition coefficient (Wildman–Crippen LogP) is 2.51. The molecule has 1 heterocycles. The first-order valence-corrected chi connectivity index (χ1v) is 8.60. The molecule has 3 rings (SSSR count). The summed E-state index contributed by atoms with van der Waals surface area (Å²) in [6.45, 7) is 0.307. The highest BCUT2D eigenvalue weighted by molar-refractivity contribution is 9.10. The zero-order valence-corrected chi connectivity index (χ0v) is 14.4. The second-order valence-electron chi connectivity index (χ2n) is 6.01. The first kappa shape index (κ1) is 16.1. The summed E-state index contributed by atoms with van der Waals surface area (Å²) >= 11 is 3.40. The van der Waals surface area contributed by atoms with Gasteiger partial charge >= 0.3 is 0 Å². The fourth-order valence-electron chi connectivity index (χ4n) is 2.85. The Hall–Kier alpha value is -1.73. The van der Waals surface area contributed by atoms with E-state index < -0.39 is 5.54 Å². The van der Waals surface area contributed by atoms with Gasteiger partial charge in [0.1, 0.15) is 5.82 Å². The molecule has 122 valence electrons. The van der Waals surface area contributed by atoms with Crippen LogP contribution in [-0.2, 0) is 11.3 Å². The van der Waals surface area contributed by atoms with Crippen molar-refractivity contribution in [3.8, 4) is 11.4 Å². The molecule has 1 aliphatic carbocycles. The second kappa shape index (κ2) is 6.80. The second-order valence-corrected chi connectivity index (χ2v) is 6.93. The molecule has 7 heteroatoms. The summed E-state index contributed by atoms with van der Waals surface area (Å²) in [4.78, 5) is 16.7. The number of H-pyrrole nitrogens is 1. The number of hydrogen-bond acceptors (Lipinski definition) is 4. The number of hydrogen-bond donors (Lipinski definition) is 3. The Morgan fingerprint density at radius 1 is 1.26 bits per heavy atom. The molecule has 1 fully saturated rings. The molecular formula is C16H20BrN5O. The van der Waals surface area contributed by atoms with E-state index >= 15 is 0 Å². The Morgan fingerprint density at radius 2 is 1.96 bits per heavy atom. The highest BCUT2D eigenvalue weighted by Crippen LogP contribution is 2.26. The minimum absolute atomic E-state index is 0.0983. The van der Waals surface area contributed by atoms with Gasteiger partial charge < -0.3 is 11.1 Å². The lowest BCUT2D eigenvalue weighted by Gasteiger charge is -2.31. The van der Waals surface area contributed by atoms with E-state index in [9.17, 15) is 4.79 Å². The number of halogens is 1. The van der Waals surface area contributed by atoms with Gasteiger partial charge in [-0.3, -0.25) is 9.89 Å². The molecule has 0 spiro atoms. The molecule has 2 aromatic rings. The van der Waals surface area contributed by atoms with Crippen LogP contribution in [0.15, 0.2) is 28.7 Å². The Balaban J connectivity index is 1.61. The largest absolute Gasteiger partial charge is 0.347 e. The number of nitrogens with two attached hydrogens (primary N) is 1. The third kappa shape index (κ3) is 3.79. The van der Waals surface area contributed by atoms with Crippen molar-refractivity contribution < 1.29 is 4.79 Å². The Labute approximate surface area is 143 Å². The molecule has 0 saturated heterocycles. The number of amides is 1. The lowest BCUT2D eigenvalue weighted by atomic mass is 9.82. The fraction of sp³-hybridized carbons (Fsp3) is 0.438. The third-order valence-corrected chi connectivity index (χ3v) is 4.78. The highest BCUT2D eigenvalue weighted by atomic mass is 79.9. The molecule has 1 saturated carbocycles. The van der Waals surface area contributed by atoms with Gasteiger partial charge in [-0.05, 0) is 25.0 Å². The Kier molecular flexibility index (Phi) is 4.77. The van der Waals surface area contributed by atoms with Crippen LogP contribution >= 0.6 is 15.9 Å². The van der Waals surface area contributed by atoms with Crippen molar-refractivity contribution in [2.24, 2.45) is 5.73 Å². The number of aromatic amines is 1. The molecule has 1 aromatic carbocycles. The summed E-state index contributed by atoms with van der Waals surface area (Å²) in [5, 5.41) is 9.93. The van der Waals surface area contributed by atoms with Gasteiger partial charge in [0.25, 0.3) is 0 Å². The number of rotatable bonds is 4. The van der Waals surface area contributed by atoms with Gasteiger partial charge in [-0.25, -0.2) is 4.98 Å². The van der Waals surface area contributed by atoms with Gasteiger partial charge in [0.15, 0.2) is 5.82 Å². The van der Waals surface area contributed by atoms with Crippen LogP contribution in [0.3, 0.4) is 0 Å². The number of nitrogens with zero attached hydrogens (tertiary/aromatic N) is 2. The van der Waals surface area contributed by atoms with Crippen molar-refractivity contribution in [1.29, 1.82) is 0 Å². The summed E-state index contributed by atoms with van der Waals surface area (Å²) in [5.74, 6) is 1.14. The van der Waals surface area contributed by atoms with Crippen LogP contribution in [0.2, 0.25) is 0 Å². The van der Waals surface area contributed by atoms with Gasteiger partial charge in [0.2, 0.25) is 5.91 Å². The Morgan fingerprint density at radius 3 is 2.65 bits per heavy atom. The van der Waals surface area contributed by atoms with E-state index in [1.54, 1.807) is 0 Å². The lowest BCUT2D eigenvalue weighted by Crippen LogP contribution is -2.54. The third-order valence-electron chi connectivity index (χ3n) is 4.25. The van der Waals surface area contributed by atoms with E-state index in [-0.39, 0.29) is 5.91 Å². The Bertz CT molecular complexity index is 676. The maximum absolute atomic E-state index is 12.3. The summed E-state index contributed by atoms with van der Waals surface area (Å²) in [7, 11) is 0. The highest BCUT2D eigenvalue weighted by Gasteiger charge is 2.35. The predicted molar refractivity (Wildman–Crippen MR) is 91.4 cm³/mol. The standard InChI is InChI=1S/C16H20BrN5O/c17-12-6-4-11(5-7-12)14-20-13(21-22-14)10-19-15(23)16(18)8-2-1-3-9-16/h4-7H,1-3,8-10,18H2,(H,19,23)(H,20,21,22). The monoisotopic (exact) mass is 377 g/mol.